The molecule has 0 radical (unpaired) electrons. The third-order valence-corrected chi connectivity index (χ3v) is 3.02. The molecule has 0 atom stereocenters. The van der Waals surface area contributed by atoms with Crippen LogP contribution in [0, 0.1) is 6.92 Å². The van der Waals surface area contributed by atoms with Gasteiger partial charge in [-0.1, -0.05) is 51.4 Å². The summed E-state index contributed by atoms with van der Waals surface area (Å²) in [5, 5.41) is 2.95. The van der Waals surface area contributed by atoms with Crippen LogP contribution in [0.3, 0.4) is 0 Å². The highest BCUT2D eigenvalue weighted by molar-refractivity contribution is 7.10. The second-order valence-electron chi connectivity index (χ2n) is 2.95. The molecule has 0 aliphatic heterocycles. The van der Waals surface area contributed by atoms with Gasteiger partial charge in [-0.15, -0.1) is 11.3 Å². The van der Waals surface area contributed by atoms with E-state index in [-0.39, 0.29) is 0 Å². The standard InChI is InChI=1S/C11H9ClS.2C2H6/c1-8-6-10(7-13-8)9-2-4-11(12)5-3-9;2*1-2/h2-7H,1H3;2*1-2H3. The van der Waals surface area contributed by atoms with Crippen LogP contribution in [0.5, 0.6) is 0 Å². The molecular formula is C15H21ClS. The van der Waals surface area contributed by atoms with E-state index in [0.717, 1.165) is 5.02 Å². The van der Waals surface area contributed by atoms with Gasteiger partial charge in [0.25, 0.3) is 0 Å². The molecule has 2 aromatic rings. The van der Waals surface area contributed by atoms with Gasteiger partial charge in [0.2, 0.25) is 0 Å². The van der Waals surface area contributed by atoms with Gasteiger partial charge in [0.15, 0.2) is 0 Å². The Hall–Kier alpha value is -0.790. The van der Waals surface area contributed by atoms with E-state index in [1.807, 2.05) is 52.0 Å². The van der Waals surface area contributed by atoms with E-state index >= 15 is 0 Å². The second kappa shape index (κ2) is 9.26. The minimum absolute atomic E-state index is 0.788. The van der Waals surface area contributed by atoms with Crippen molar-refractivity contribution in [1.82, 2.24) is 0 Å². The molecule has 0 amide bonds. The Morgan fingerprint density at radius 1 is 0.882 bits per heavy atom. The van der Waals surface area contributed by atoms with Crippen molar-refractivity contribution in [3.05, 3.63) is 45.6 Å². The maximum Gasteiger partial charge on any atom is 0.0406 e. The van der Waals surface area contributed by atoms with E-state index in [1.54, 1.807) is 11.3 Å². The Morgan fingerprint density at radius 2 is 1.41 bits per heavy atom. The van der Waals surface area contributed by atoms with Crippen molar-refractivity contribution in [3.63, 3.8) is 0 Å². The molecule has 0 saturated carbocycles. The van der Waals surface area contributed by atoms with Gasteiger partial charge in [0, 0.05) is 9.90 Å². The van der Waals surface area contributed by atoms with Crippen LogP contribution in [0.4, 0.5) is 0 Å². The molecule has 0 nitrogen and oxygen atoms in total. The molecule has 0 unspecified atom stereocenters. The molecular weight excluding hydrogens is 248 g/mol. The van der Waals surface area contributed by atoms with Crippen molar-refractivity contribution < 1.29 is 0 Å². The fraction of sp³-hybridized carbons (Fsp3) is 0.333. The number of halogens is 1. The number of rotatable bonds is 1. The number of benzene rings is 1. The smallest absolute Gasteiger partial charge is 0.0406 e. The minimum atomic E-state index is 0.788. The van der Waals surface area contributed by atoms with Gasteiger partial charge in [0.1, 0.15) is 0 Å². The summed E-state index contributed by atoms with van der Waals surface area (Å²) in [7, 11) is 0. The second-order valence-corrected chi connectivity index (χ2v) is 4.50. The third kappa shape index (κ3) is 5.38. The predicted octanol–water partition coefficient (Wildman–Crippen LogP) is 6.43. The monoisotopic (exact) mass is 268 g/mol. The summed E-state index contributed by atoms with van der Waals surface area (Å²) in [5.41, 5.74) is 2.51. The molecule has 0 spiro atoms. The molecule has 2 heteroatoms. The number of thiophene rings is 1. The Bertz CT molecular complexity index is 401. The molecule has 1 heterocycles. The Balaban J connectivity index is 0.000000581. The summed E-state index contributed by atoms with van der Waals surface area (Å²) < 4.78 is 0. The van der Waals surface area contributed by atoms with Crippen LogP contribution < -0.4 is 0 Å². The lowest BCUT2D eigenvalue weighted by atomic mass is 10.1. The molecule has 1 aromatic heterocycles. The maximum absolute atomic E-state index is 5.81. The molecule has 2 rings (SSSR count). The summed E-state index contributed by atoms with van der Waals surface area (Å²) >= 11 is 7.58. The number of hydrogen-bond donors (Lipinski definition) is 0. The fourth-order valence-corrected chi connectivity index (χ4v) is 2.08. The highest BCUT2D eigenvalue weighted by atomic mass is 35.5. The van der Waals surface area contributed by atoms with Gasteiger partial charge < -0.3 is 0 Å². The van der Waals surface area contributed by atoms with Crippen molar-refractivity contribution in [2.45, 2.75) is 34.6 Å². The highest BCUT2D eigenvalue weighted by Gasteiger charge is 1.98. The van der Waals surface area contributed by atoms with Crippen LogP contribution >= 0.6 is 22.9 Å². The molecule has 0 aliphatic rings. The zero-order valence-electron chi connectivity index (χ0n) is 11.3. The van der Waals surface area contributed by atoms with Crippen LogP contribution in [0.1, 0.15) is 32.6 Å². The summed E-state index contributed by atoms with van der Waals surface area (Å²) in [6.45, 7) is 10.1. The minimum Gasteiger partial charge on any atom is -0.149 e. The van der Waals surface area contributed by atoms with Crippen LogP contribution in [-0.2, 0) is 0 Å². The van der Waals surface area contributed by atoms with Crippen molar-refractivity contribution in [2.24, 2.45) is 0 Å². The summed E-state index contributed by atoms with van der Waals surface area (Å²) in [4.78, 5) is 1.34. The van der Waals surface area contributed by atoms with Gasteiger partial charge >= 0.3 is 0 Å². The van der Waals surface area contributed by atoms with Gasteiger partial charge in [-0.3, -0.25) is 0 Å². The first kappa shape index (κ1) is 16.2. The van der Waals surface area contributed by atoms with Crippen LogP contribution in [-0.4, -0.2) is 0 Å². The average Bonchev–Trinajstić information content (AvgIpc) is 2.82. The SMILES string of the molecule is CC.CC.Cc1cc(-c2ccc(Cl)cc2)cs1. The molecule has 0 N–H and O–H groups in total. The fourth-order valence-electron chi connectivity index (χ4n) is 1.24. The highest BCUT2D eigenvalue weighted by Crippen LogP contribution is 2.25. The van der Waals surface area contributed by atoms with Crippen LogP contribution in [0.25, 0.3) is 11.1 Å². The van der Waals surface area contributed by atoms with Crippen LogP contribution in [0.2, 0.25) is 5.02 Å². The molecule has 0 bridgehead atoms. The van der Waals surface area contributed by atoms with Crippen molar-refractivity contribution in [2.75, 3.05) is 0 Å². The van der Waals surface area contributed by atoms with Gasteiger partial charge in [-0.2, -0.15) is 0 Å². The van der Waals surface area contributed by atoms with Gasteiger partial charge in [0.05, 0.1) is 0 Å². The largest absolute Gasteiger partial charge is 0.149 e. The quantitative estimate of drug-likeness (QED) is 0.559. The molecule has 0 aliphatic carbocycles. The number of aryl methyl sites for hydroxylation is 1. The van der Waals surface area contributed by atoms with Crippen LogP contribution in [0.15, 0.2) is 35.7 Å². The van der Waals surface area contributed by atoms with Crippen molar-refractivity contribution >= 4 is 22.9 Å². The normalized spacial score (nSPS) is 8.59. The summed E-state index contributed by atoms with van der Waals surface area (Å²) in [6, 6.07) is 10.1. The van der Waals surface area contributed by atoms with Crippen molar-refractivity contribution in [3.8, 4) is 11.1 Å². The lowest BCUT2D eigenvalue weighted by Gasteiger charge is -1.96. The Labute approximate surface area is 114 Å². The maximum atomic E-state index is 5.81. The van der Waals surface area contributed by atoms with E-state index in [0.29, 0.717) is 0 Å². The van der Waals surface area contributed by atoms with E-state index < -0.39 is 0 Å². The first-order chi connectivity index (χ1) is 8.25. The molecule has 0 saturated heterocycles. The predicted molar refractivity (Wildman–Crippen MR) is 82.2 cm³/mol. The lowest BCUT2D eigenvalue weighted by molar-refractivity contribution is 1.50. The molecule has 17 heavy (non-hydrogen) atoms. The molecule has 0 fully saturated rings. The number of hydrogen-bond acceptors (Lipinski definition) is 1. The lowest BCUT2D eigenvalue weighted by Crippen LogP contribution is -1.71. The zero-order chi connectivity index (χ0) is 13.3. The molecule has 94 valence electrons. The summed E-state index contributed by atoms with van der Waals surface area (Å²) in [5.74, 6) is 0. The van der Waals surface area contributed by atoms with Crippen molar-refractivity contribution in [1.29, 1.82) is 0 Å². The third-order valence-electron chi connectivity index (χ3n) is 1.91. The Morgan fingerprint density at radius 3 is 1.82 bits per heavy atom. The zero-order valence-corrected chi connectivity index (χ0v) is 12.8. The molecule has 1 aromatic carbocycles. The first-order valence-corrected chi connectivity index (χ1v) is 7.32. The van der Waals surface area contributed by atoms with E-state index in [2.05, 4.69) is 18.4 Å². The van der Waals surface area contributed by atoms with Gasteiger partial charge in [-0.05, 0) is 41.6 Å². The Kier molecular flexibility index (Phi) is 8.83. The van der Waals surface area contributed by atoms with E-state index in [4.69, 9.17) is 11.6 Å². The van der Waals surface area contributed by atoms with E-state index in [1.165, 1.54) is 16.0 Å². The average molecular weight is 269 g/mol. The first-order valence-electron chi connectivity index (χ1n) is 6.07. The van der Waals surface area contributed by atoms with Gasteiger partial charge in [-0.25, -0.2) is 0 Å². The topological polar surface area (TPSA) is 0 Å². The van der Waals surface area contributed by atoms with E-state index in [9.17, 15) is 0 Å². The summed E-state index contributed by atoms with van der Waals surface area (Å²) in [6.07, 6.45) is 0.